The first-order chi connectivity index (χ1) is 12.9. The fraction of sp³-hybridized carbons (Fsp3) is 0.158. The first kappa shape index (κ1) is 20.0. The topological polar surface area (TPSA) is 103 Å². The van der Waals surface area contributed by atoms with Crippen LogP contribution >= 0.6 is 0 Å². The molecule has 0 atom stereocenters. The number of hydrogen-bond donors (Lipinski definition) is 0. The van der Waals surface area contributed by atoms with Crippen LogP contribution in [0.3, 0.4) is 0 Å². The number of carbonyl (C=O) groups excluding carboxylic acids is 1. The molecule has 0 aromatic heterocycles. The molecule has 0 unspecified atom stereocenters. The number of esters is 1. The summed E-state index contributed by atoms with van der Waals surface area (Å²) in [4.78, 5) is 11.7. The number of nitrogens with zero attached hydrogens (tertiary/aromatic N) is 1. The fourth-order valence-corrected chi connectivity index (χ4v) is 3.07. The van der Waals surface area contributed by atoms with Crippen molar-refractivity contribution in [3.8, 4) is 17.6 Å². The van der Waals surface area contributed by atoms with Crippen LogP contribution in [0.5, 0.6) is 11.5 Å². The van der Waals surface area contributed by atoms with Crippen molar-refractivity contribution in [2.75, 3.05) is 13.7 Å². The molecular formula is C19H17NO6S. The van der Waals surface area contributed by atoms with Crippen LogP contribution in [0.1, 0.15) is 12.5 Å². The fourth-order valence-electron chi connectivity index (χ4n) is 2.11. The number of nitriles is 1. The summed E-state index contributed by atoms with van der Waals surface area (Å²) in [5, 5.41) is 9.09. The Balaban J connectivity index is 2.34. The molecule has 0 fully saturated rings. The highest BCUT2D eigenvalue weighted by atomic mass is 32.2. The maximum absolute atomic E-state index is 12.3. The summed E-state index contributed by atoms with van der Waals surface area (Å²) in [5.74, 6) is -0.636. The Bertz CT molecular complexity index is 991. The largest absolute Gasteiger partial charge is 0.493 e. The normalized spacial score (nSPS) is 11.4. The second-order valence-corrected chi connectivity index (χ2v) is 6.70. The van der Waals surface area contributed by atoms with Crippen molar-refractivity contribution in [2.45, 2.75) is 11.8 Å². The van der Waals surface area contributed by atoms with Crippen LogP contribution < -0.4 is 8.92 Å². The van der Waals surface area contributed by atoms with Gasteiger partial charge in [-0.05, 0) is 42.8 Å². The lowest BCUT2D eigenvalue weighted by Crippen LogP contribution is -2.10. The predicted molar refractivity (Wildman–Crippen MR) is 97.5 cm³/mol. The maximum Gasteiger partial charge on any atom is 0.348 e. The second-order valence-electron chi connectivity index (χ2n) is 5.15. The first-order valence-electron chi connectivity index (χ1n) is 7.87. The van der Waals surface area contributed by atoms with Gasteiger partial charge in [0.15, 0.2) is 11.5 Å². The average Bonchev–Trinajstić information content (AvgIpc) is 2.67. The van der Waals surface area contributed by atoms with Crippen LogP contribution in [-0.4, -0.2) is 28.1 Å². The molecule has 0 aliphatic carbocycles. The number of hydrogen-bond acceptors (Lipinski definition) is 7. The van der Waals surface area contributed by atoms with E-state index in [0.29, 0.717) is 5.56 Å². The Morgan fingerprint density at radius 2 is 1.85 bits per heavy atom. The van der Waals surface area contributed by atoms with Crippen LogP contribution in [-0.2, 0) is 19.6 Å². The smallest absolute Gasteiger partial charge is 0.348 e. The van der Waals surface area contributed by atoms with Crippen molar-refractivity contribution in [3.63, 3.8) is 0 Å². The molecule has 2 aromatic rings. The number of carbonyl (C=O) groups is 1. The molecule has 0 saturated heterocycles. The molecule has 140 valence electrons. The highest BCUT2D eigenvalue weighted by molar-refractivity contribution is 7.87. The monoisotopic (exact) mass is 387 g/mol. The highest BCUT2D eigenvalue weighted by Crippen LogP contribution is 2.31. The SMILES string of the molecule is CCOC(=O)/C(C#N)=C\c1ccc(OS(=O)(=O)c2ccccc2)c(OC)c1. The zero-order valence-corrected chi connectivity index (χ0v) is 15.5. The lowest BCUT2D eigenvalue weighted by atomic mass is 10.1. The van der Waals surface area contributed by atoms with E-state index >= 15 is 0 Å². The minimum absolute atomic E-state index is 0.00473. The Morgan fingerprint density at radius 3 is 2.44 bits per heavy atom. The van der Waals surface area contributed by atoms with E-state index < -0.39 is 16.1 Å². The summed E-state index contributed by atoms with van der Waals surface area (Å²) in [6.45, 7) is 1.78. The zero-order valence-electron chi connectivity index (χ0n) is 14.7. The Kier molecular flexibility index (Phi) is 6.57. The van der Waals surface area contributed by atoms with Crippen molar-refractivity contribution >= 4 is 22.2 Å². The van der Waals surface area contributed by atoms with E-state index in [4.69, 9.17) is 18.9 Å². The Labute approximate surface area is 157 Å². The molecule has 0 saturated carbocycles. The molecular weight excluding hydrogens is 370 g/mol. The Morgan fingerprint density at radius 1 is 1.15 bits per heavy atom. The van der Waals surface area contributed by atoms with Gasteiger partial charge in [0.1, 0.15) is 16.5 Å². The van der Waals surface area contributed by atoms with E-state index in [1.54, 1.807) is 31.2 Å². The van der Waals surface area contributed by atoms with Gasteiger partial charge in [-0.15, -0.1) is 0 Å². The van der Waals surface area contributed by atoms with Crippen LogP contribution in [0.25, 0.3) is 6.08 Å². The summed E-state index contributed by atoms with van der Waals surface area (Å²) < 4.78 is 39.8. The minimum atomic E-state index is -4.03. The lowest BCUT2D eigenvalue weighted by Gasteiger charge is -2.11. The molecule has 0 spiro atoms. The molecule has 0 N–H and O–H groups in total. The van der Waals surface area contributed by atoms with Crippen LogP contribution in [0, 0.1) is 11.3 Å². The quantitative estimate of drug-likeness (QED) is 0.311. The number of benzene rings is 2. The van der Waals surface area contributed by atoms with Crippen LogP contribution in [0.4, 0.5) is 0 Å². The van der Waals surface area contributed by atoms with Crippen molar-refractivity contribution in [1.29, 1.82) is 5.26 Å². The third kappa shape index (κ3) is 5.09. The molecule has 27 heavy (non-hydrogen) atoms. The molecule has 0 radical (unpaired) electrons. The van der Waals surface area contributed by atoms with Gasteiger partial charge in [-0.3, -0.25) is 0 Å². The molecule has 7 nitrogen and oxygen atoms in total. The maximum atomic E-state index is 12.3. The standard InChI is InChI=1S/C19H17NO6S/c1-3-25-19(21)15(13-20)11-14-9-10-17(18(12-14)24-2)26-27(22,23)16-7-5-4-6-8-16/h4-12H,3H2,1-2H3/b15-11-. The van der Waals surface area contributed by atoms with Gasteiger partial charge in [-0.2, -0.15) is 13.7 Å². The summed E-state index contributed by atoms with van der Waals surface area (Å²) in [6, 6.07) is 13.8. The van der Waals surface area contributed by atoms with E-state index in [1.165, 1.54) is 43.5 Å². The van der Waals surface area contributed by atoms with Crippen molar-refractivity contribution in [2.24, 2.45) is 0 Å². The van der Waals surface area contributed by atoms with E-state index in [2.05, 4.69) is 0 Å². The number of ether oxygens (including phenoxy) is 2. The average molecular weight is 387 g/mol. The zero-order chi connectivity index (χ0) is 19.9. The van der Waals surface area contributed by atoms with E-state index in [0.717, 1.165) is 0 Å². The third-order valence-electron chi connectivity index (χ3n) is 3.35. The lowest BCUT2D eigenvalue weighted by molar-refractivity contribution is -0.137. The van der Waals surface area contributed by atoms with Gasteiger partial charge in [-0.25, -0.2) is 4.79 Å². The van der Waals surface area contributed by atoms with Gasteiger partial charge in [0.05, 0.1) is 13.7 Å². The van der Waals surface area contributed by atoms with Crippen molar-refractivity contribution in [1.82, 2.24) is 0 Å². The predicted octanol–water partition coefficient (Wildman–Crippen LogP) is 2.93. The van der Waals surface area contributed by atoms with Gasteiger partial charge in [-0.1, -0.05) is 24.3 Å². The molecule has 2 aromatic carbocycles. The molecule has 2 rings (SSSR count). The molecule has 0 aliphatic heterocycles. The second kappa shape index (κ2) is 8.87. The van der Waals surface area contributed by atoms with Crippen LogP contribution in [0.15, 0.2) is 59.0 Å². The molecule has 0 bridgehead atoms. The summed E-state index contributed by atoms with van der Waals surface area (Å²) in [5.41, 5.74) is 0.255. The van der Waals surface area contributed by atoms with Gasteiger partial charge in [0.25, 0.3) is 0 Å². The van der Waals surface area contributed by atoms with Gasteiger partial charge in [0.2, 0.25) is 0 Å². The van der Waals surface area contributed by atoms with E-state index in [9.17, 15) is 13.2 Å². The summed E-state index contributed by atoms with van der Waals surface area (Å²) in [7, 11) is -2.68. The first-order valence-corrected chi connectivity index (χ1v) is 9.28. The van der Waals surface area contributed by atoms with Crippen molar-refractivity contribution in [3.05, 3.63) is 59.7 Å². The number of rotatable bonds is 7. The van der Waals surface area contributed by atoms with Gasteiger partial charge < -0.3 is 13.7 Å². The van der Waals surface area contributed by atoms with Gasteiger partial charge >= 0.3 is 16.1 Å². The minimum Gasteiger partial charge on any atom is -0.493 e. The summed E-state index contributed by atoms with van der Waals surface area (Å²) >= 11 is 0. The van der Waals surface area contributed by atoms with E-state index in [-0.39, 0.29) is 28.6 Å². The molecule has 0 heterocycles. The molecule has 8 heteroatoms. The Hall–Kier alpha value is -3.31. The van der Waals surface area contributed by atoms with Crippen LogP contribution in [0.2, 0.25) is 0 Å². The highest BCUT2D eigenvalue weighted by Gasteiger charge is 2.19. The molecule has 0 amide bonds. The number of methoxy groups -OCH3 is 1. The molecule has 0 aliphatic rings. The van der Waals surface area contributed by atoms with E-state index in [1.807, 2.05) is 0 Å². The summed E-state index contributed by atoms with van der Waals surface area (Å²) in [6.07, 6.45) is 1.32. The van der Waals surface area contributed by atoms with Crippen molar-refractivity contribution < 1.29 is 26.9 Å². The third-order valence-corrected chi connectivity index (χ3v) is 4.59. The van der Waals surface area contributed by atoms with Gasteiger partial charge in [0, 0.05) is 0 Å².